The number of hydrogen-bond acceptors (Lipinski definition) is 6. The maximum absolute atomic E-state index is 12.6. The number of aryl methyl sites for hydroxylation is 1. The van der Waals surface area contributed by atoms with Crippen molar-refractivity contribution in [3.05, 3.63) is 45.6 Å². The molecular formula is C21H25NO5. The first-order valence-corrected chi connectivity index (χ1v) is 8.81. The van der Waals surface area contributed by atoms with E-state index in [-0.39, 0.29) is 11.5 Å². The van der Waals surface area contributed by atoms with Gasteiger partial charge in [-0.1, -0.05) is 6.07 Å². The van der Waals surface area contributed by atoms with Crippen LogP contribution in [0.5, 0.6) is 23.0 Å². The summed E-state index contributed by atoms with van der Waals surface area (Å²) in [6, 6.07) is 7.29. The second-order valence-electron chi connectivity index (χ2n) is 6.34. The van der Waals surface area contributed by atoms with Crippen molar-refractivity contribution in [3.63, 3.8) is 0 Å². The zero-order valence-corrected chi connectivity index (χ0v) is 16.3. The zero-order chi connectivity index (χ0) is 19.6. The Hall–Kier alpha value is -2.73. The number of rotatable bonds is 5. The molecule has 2 aromatic carbocycles. The van der Waals surface area contributed by atoms with Gasteiger partial charge >= 0.3 is 0 Å². The highest BCUT2D eigenvalue weighted by Crippen LogP contribution is 2.50. The molecule has 1 N–H and O–H groups in total. The molecule has 6 nitrogen and oxygen atoms in total. The van der Waals surface area contributed by atoms with E-state index in [0.29, 0.717) is 23.0 Å². The van der Waals surface area contributed by atoms with Crippen LogP contribution in [0.3, 0.4) is 0 Å². The van der Waals surface area contributed by atoms with Gasteiger partial charge in [0.1, 0.15) is 0 Å². The summed E-state index contributed by atoms with van der Waals surface area (Å²) in [5.41, 5.74) is 3.68. The van der Waals surface area contributed by atoms with Gasteiger partial charge in [-0.25, -0.2) is 0 Å². The van der Waals surface area contributed by atoms with Gasteiger partial charge in [0.15, 0.2) is 17.2 Å². The fourth-order valence-electron chi connectivity index (χ4n) is 3.77. The third-order valence-electron chi connectivity index (χ3n) is 5.07. The first-order chi connectivity index (χ1) is 13.1. The normalized spacial score (nSPS) is 15.2. The lowest BCUT2D eigenvalue weighted by atomic mass is 9.95. The van der Waals surface area contributed by atoms with Gasteiger partial charge in [-0.15, -0.1) is 0 Å². The molecule has 0 amide bonds. The highest BCUT2D eigenvalue weighted by atomic mass is 16.5. The minimum absolute atomic E-state index is 0.0268. The summed E-state index contributed by atoms with van der Waals surface area (Å²) in [5.74, 6) is 2.06. The Kier molecular flexibility index (Phi) is 5.56. The molecule has 0 saturated carbocycles. The van der Waals surface area contributed by atoms with Crippen molar-refractivity contribution in [1.29, 1.82) is 0 Å². The molecule has 0 aliphatic heterocycles. The number of methoxy groups -OCH3 is 4. The SMILES string of the molecule is COc1cc2c(c(OC)c1OC)-c1ccc(OC)c(=O)cc1C(N[14CH3])[14CH2]C2. The summed E-state index contributed by atoms with van der Waals surface area (Å²) in [6.45, 7) is 0. The van der Waals surface area contributed by atoms with E-state index in [2.05, 4.69) is 5.32 Å². The Labute approximate surface area is 159 Å². The molecule has 3 rings (SSSR count). The van der Waals surface area contributed by atoms with Crippen LogP contribution in [0.1, 0.15) is 23.6 Å². The third kappa shape index (κ3) is 3.21. The van der Waals surface area contributed by atoms with Gasteiger partial charge in [-0.2, -0.15) is 0 Å². The van der Waals surface area contributed by atoms with Crippen molar-refractivity contribution in [1.82, 2.24) is 5.32 Å². The Morgan fingerprint density at radius 3 is 2.30 bits per heavy atom. The molecule has 1 unspecified atom stereocenters. The average molecular weight is 375 g/mol. The lowest BCUT2D eigenvalue weighted by Crippen LogP contribution is -2.17. The molecule has 1 aliphatic rings. The summed E-state index contributed by atoms with van der Waals surface area (Å²) in [6.07, 6.45) is 1.64. The second kappa shape index (κ2) is 7.88. The van der Waals surface area contributed by atoms with Crippen LogP contribution >= 0.6 is 0 Å². The number of hydrogen-bond donors (Lipinski definition) is 1. The first-order valence-electron chi connectivity index (χ1n) is 8.81. The Bertz CT molecular complexity index is 910. The third-order valence-corrected chi connectivity index (χ3v) is 5.07. The molecule has 0 fully saturated rings. The van der Waals surface area contributed by atoms with Crippen molar-refractivity contribution in [2.45, 2.75) is 18.9 Å². The molecule has 1 aliphatic carbocycles. The average Bonchev–Trinajstić information content (AvgIpc) is 2.94. The van der Waals surface area contributed by atoms with Crippen molar-refractivity contribution in [2.24, 2.45) is 0 Å². The van der Waals surface area contributed by atoms with Crippen LogP contribution in [0.4, 0.5) is 0 Å². The fraction of sp³-hybridized carbons (Fsp3) is 0.381. The molecule has 144 valence electrons. The maximum atomic E-state index is 12.6. The minimum Gasteiger partial charge on any atom is -0.493 e. The maximum Gasteiger partial charge on any atom is 0.220 e. The van der Waals surface area contributed by atoms with Gasteiger partial charge in [0, 0.05) is 11.6 Å². The molecule has 0 bridgehead atoms. The van der Waals surface area contributed by atoms with Crippen LogP contribution in [0.15, 0.2) is 29.1 Å². The van der Waals surface area contributed by atoms with Gasteiger partial charge in [-0.05, 0) is 54.8 Å². The molecule has 0 spiro atoms. The van der Waals surface area contributed by atoms with Gasteiger partial charge in [0.05, 0.1) is 28.4 Å². The molecular weight excluding hydrogens is 350 g/mol. The quantitative estimate of drug-likeness (QED) is 0.867. The van der Waals surface area contributed by atoms with E-state index in [1.54, 1.807) is 33.5 Å². The largest absolute Gasteiger partial charge is 0.493 e. The van der Waals surface area contributed by atoms with E-state index in [1.807, 2.05) is 19.2 Å². The molecule has 0 radical (unpaired) electrons. The van der Waals surface area contributed by atoms with E-state index in [0.717, 1.165) is 35.1 Å². The summed E-state index contributed by atoms with van der Waals surface area (Å²) >= 11 is 0. The highest BCUT2D eigenvalue weighted by Gasteiger charge is 2.28. The van der Waals surface area contributed by atoms with E-state index < -0.39 is 0 Å². The van der Waals surface area contributed by atoms with Crippen molar-refractivity contribution >= 4 is 0 Å². The lowest BCUT2D eigenvalue weighted by molar-refractivity contribution is 0.324. The lowest BCUT2D eigenvalue weighted by Gasteiger charge is -2.19. The Morgan fingerprint density at radius 1 is 1.00 bits per heavy atom. The Balaban J connectivity index is 2.43. The first kappa shape index (κ1) is 19.0. The van der Waals surface area contributed by atoms with Crippen molar-refractivity contribution in [2.75, 3.05) is 35.5 Å². The van der Waals surface area contributed by atoms with Crippen molar-refractivity contribution < 1.29 is 18.9 Å². The zero-order valence-electron chi connectivity index (χ0n) is 16.3. The topological polar surface area (TPSA) is 66.0 Å². The highest BCUT2D eigenvalue weighted by molar-refractivity contribution is 5.82. The molecule has 27 heavy (non-hydrogen) atoms. The van der Waals surface area contributed by atoms with E-state index in [4.69, 9.17) is 18.9 Å². The molecule has 0 aromatic heterocycles. The van der Waals surface area contributed by atoms with Gasteiger partial charge < -0.3 is 24.3 Å². The summed E-state index contributed by atoms with van der Waals surface area (Å²) in [4.78, 5) is 12.6. The van der Waals surface area contributed by atoms with E-state index >= 15 is 0 Å². The predicted molar refractivity (Wildman–Crippen MR) is 104 cm³/mol. The van der Waals surface area contributed by atoms with Gasteiger partial charge in [0.25, 0.3) is 0 Å². The Morgan fingerprint density at radius 2 is 1.70 bits per heavy atom. The minimum atomic E-state index is -0.151. The monoisotopic (exact) mass is 375 g/mol. The van der Waals surface area contributed by atoms with Crippen LogP contribution < -0.4 is 29.7 Å². The van der Waals surface area contributed by atoms with E-state index in [1.165, 1.54) is 7.11 Å². The number of nitrogens with one attached hydrogen (secondary N) is 1. The van der Waals surface area contributed by atoms with Gasteiger partial charge in [-0.3, -0.25) is 4.79 Å². The molecule has 1 atom stereocenters. The standard InChI is InChI=1S/C21H25NO5/c1-22-15-8-6-12-10-18(25-3)20(26-4)21(27-5)19(12)13-7-9-17(24-2)16(23)11-14(13)15/h7,9-11,15,22H,6,8H2,1-5H3/i1+2,8+2. The summed E-state index contributed by atoms with van der Waals surface area (Å²) in [5, 5.41) is 3.33. The molecule has 2 aromatic rings. The van der Waals surface area contributed by atoms with E-state index in [9.17, 15) is 4.79 Å². The summed E-state index contributed by atoms with van der Waals surface area (Å²) in [7, 11) is 8.21. The number of ether oxygens (including phenoxy) is 4. The molecule has 0 saturated heterocycles. The van der Waals surface area contributed by atoms with Crippen LogP contribution in [0.2, 0.25) is 0 Å². The molecule has 0 heterocycles. The second-order valence-corrected chi connectivity index (χ2v) is 6.34. The van der Waals surface area contributed by atoms with Crippen LogP contribution in [-0.4, -0.2) is 35.5 Å². The molecule has 6 heteroatoms. The fourth-order valence-corrected chi connectivity index (χ4v) is 3.77. The van der Waals surface area contributed by atoms with Gasteiger partial charge in [0.2, 0.25) is 11.2 Å². The smallest absolute Gasteiger partial charge is 0.220 e. The predicted octanol–water partition coefficient (Wildman–Crippen LogP) is 2.95. The summed E-state index contributed by atoms with van der Waals surface area (Å²) < 4.78 is 22.1. The number of benzene rings is 1. The van der Waals surface area contributed by atoms with Crippen LogP contribution in [0.25, 0.3) is 11.1 Å². The van der Waals surface area contributed by atoms with Crippen LogP contribution in [-0.2, 0) is 6.42 Å². The van der Waals surface area contributed by atoms with Crippen molar-refractivity contribution in [3.8, 4) is 34.1 Å². The van der Waals surface area contributed by atoms with Crippen LogP contribution in [0, 0.1) is 0 Å². The number of fused-ring (bicyclic) bond motifs is 3.